The van der Waals surface area contributed by atoms with Crippen LogP contribution < -0.4 is 0 Å². The molecule has 6 heteroatoms. The molecule has 2 aromatic heterocycles. The zero-order valence-electron chi connectivity index (χ0n) is 12.5. The lowest BCUT2D eigenvalue weighted by Gasteiger charge is -2.34. The van der Waals surface area contributed by atoms with Crippen LogP contribution in [0.5, 0.6) is 0 Å². The van der Waals surface area contributed by atoms with Crippen molar-refractivity contribution in [3.8, 4) is 0 Å². The van der Waals surface area contributed by atoms with E-state index in [0.717, 1.165) is 43.1 Å². The largest absolute Gasteiger partial charge is 0.329 e. The summed E-state index contributed by atoms with van der Waals surface area (Å²) >= 11 is 1.66. The molecule has 1 fully saturated rings. The maximum absolute atomic E-state index is 12.8. The van der Waals surface area contributed by atoms with Gasteiger partial charge in [0, 0.05) is 30.4 Å². The molecule has 0 bridgehead atoms. The van der Waals surface area contributed by atoms with Gasteiger partial charge in [-0.1, -0.05) is 0 Å². The first kappa shape index (κ1) is 14.3. The van der Waals surface area contributed by atoms with Crippen molar-refractivity contribution >= 4 is 17.2 Å². The van der Waals surface area contributed by atoms with Gasteiger partial charge in [-0.3, -0.25) is 9.48 Å². The van der Waals surface area contributed by atoms with Gasteiger partial charge < -0.3 is 4.90 Å². The number of hydrogen-bond donors (Lipinski definition) is 0. The van der Waals surface area contributed by atoms with E-state index >= 15 is 0 Å². The van der Waals surface area contributed by atoms with Gasteiger partial charge in [0.25, 0.3) is 5.91 Å². The van der Waals surface area contributed by atoms with Crippen molar-refractivity contribution in [2.75, 3.05) is 6.54 Å². The number of aryl methyl sites for hydroxylation is 2. The van der Waals surface area contributed by atoms with E-state index in [1.54, 1.807) is 22.2 Å². The minimum atomic E-state index is 0.0762. The first-order valence-electron chi connectivity index (χ1n) is 7.44. The molecule has 0 aromatic carbocycles. The van der Waals surface area contributed by atoms with Crippen molar-refractivity contribution in [2.24, 2.45) is 0 Å². The average molecular weight is 304 g/mol. The summed E-state index contributed by atoms with van der Waals surface area (Å²) in [6.07, 6.45) is 6.72. The third kappa shape index (κ3) is 2.85. The molecule has 1 saturated heterocycles. The number of aromatic nitrogens is 3. The van der Waals surface area contributed by atoms with Gasteiger partial charge in [-0.05, 0) is 33.1 Å². The summed E-state index contributed by atoms with van der Waals surface area (Å²) in [6.45, 7) is 5.60. The molecule has 0 unspecified atom stereocenters. The Morgan fingerprint density at radius 3 is 3.00 bits per heavy atom. The summed E-state index contributed by atoms with van der Waals surface area (Å²) in [5.41, 5.74) is 1.71. The van der Waals surface area contributed by atoms with Crippen molar-refractivity contribution in [3.05, 3.63) is 34.0 Å². The third-order valence-electron chi connectivity index (χ3n) is 3.89. The highest BCUT2D eigenvalue weighted by atomic mass is 32.1. The number of amides is 1. The fourth-order valence-corrected chi connectivity index (χ4v) is 3.71. The van der Waals surface area contributed by atoms with Crippen LogP contribution in [0.1, 0.15) is 53.3 Å². The fraction of sp³-hybridized carbons (Fsp3) is 0.533. The highest BCUT2D eigenvalue weighted by Crippen LogP contribution is 2.33. The molecule has 21 heavy (non-hydrogen) atoms. The Morgan fingerprint density at radius 2 is 2.33 bits per heavy atom. The lowest BCUT2D eigenvalue weighted by molar-refractivity contribution is 0.0611. The summed E-state index contributed by atoms with van der Waals surface area (Å²) in [7, 11) is 0. The smallest absolute Gasteiger partial charge is 0.257 e. The van der Waals surface area contributed by atoms with Gasteiger partial charge in [0.1, 0.15) is 5.01 Å². The van der Waals surface area contributed by atoms with E-state index < -0.39 is 0 Å². The van der Waals surface area contributed by atoms with Gasteiger partial charge >= 0.3 is 0 Å². The van der Waals surface area contributed by atoms with Gasteiger partial charge in [0.15, 0.2) is 0 Å². The summed E-state index contributed by atoms with van der Waals surface area (Å²) in [4.78, 5) is 19.3. The number of nitrogens with zero attached hydrogens (tertiary/aromatic N) is 4. The van der Waals surface area contributed by atoms with Crippen LogP contribution in [0.3, 0.4) is 0 Å². The maximum atomic E-state index is 12.8. The second-order valence-corrected chi connectivity index (χ2v) is 6.31. The van der Waals surface area contributed by atoms with Crippen molar-refractivity contribution in [1.29, 1.82) is 0 Å². The quantitative estimate of drug-likeness (QED) is 0.876. The van der Waals surface area contributed by atoms with E-state index in [2.05, 4.69) is 15.5 Å². The van der Waals surface area contributed by atoms with Crippen LogP contribution in [0.4, 0.5) is 0 Å². The van der Waals surface area contributed by atoms with Crippen molar-refractivity contribution in [2.45, 2.75) is 45.7 Å². The van der Waals surface area contributed by atoms with Crippen LogP contribution in [-0.4, -0.2) is 32.1 Å². The first-order chi connectivity index (χ1) is 10.2. The van der Waals surface area contributed by atoms with Gasteiger partial charge in [0.2, 0.25) is 0 Å². The lowest BCUT2D eigenvalue weighted by atomic mass is 10.0. The Hall–Kier alpha value is -1.69. The van der Waals surface area contributed by atoms with Crippen LogP contribution in [0.2, 0.25) is 0 Å². The Balaban J connectivity index is 1.85. The molecule has 1 aliphatic rings. The van der Waals surface area contributed by atoms with Gasteiger partial charge in [-0.2, -0.15) is 5.10 Å². The zero-order chi connectivity index (χ0) is 14.8. The Bertz CT molecular complexity index is 633. The first-order valence-corrected chi connectivity index (χ1v) is 8.32. The minimum Gasteiger partial charge on any atom is -0.329 e. The second kappa shape index (κ2) is 5.97. The van der Waals surface area contributed by atoms with Gasteiger partial charge in [-0.15, -0.1) is 11.3 Å². The molecular weight excluding hydrogens is 284 g/mol. The van der Waals surface area contributed by atoms with Crippen molar-refractivity contribution in [3.63, 3.8) is 0 Å². The predicted octanol–water partition coefficient (Wildman–Crippen LogP) is 3.04. The molecular formula is C15H20N4OS. The Kier molecular flexibility index (Phi) is 4.05. The monoisotopic (exact) mass is 304 g/mol. The standard InChI is InChI=1S/C15H20N4OS/c1-3-18-9-12(8-16-18)15(20)19-7-5-4-6-13(19)14-17-11(2)10-21-14/h8-10,13H,3-7H2,1-2H3/t13-/m0/s1. The summed E-state index contributed by atoms with van der Waals surface area (Å²) in [6, 6.07) is 0.120. The molecule has 5 nitrogen and oxygen atoms in total. The summed E-state index contributed by atoms with van der Waals surface area (Å²) in [5.74, 6) is 0.0762. The molecule has 0 aliphatic carbocycles. The van der Waals surface area contributed by atoms with E-state index in [1.165, 1.54) is 0 Å². The Labute approximate surface area is 128 Å². The molecule has 2 aromatic rings. The van der Waals surface area contributed by atoms with E-state index in [0.29, 0.717) is 5.56 Å². The lowest BCUT2D eigenvalue weighted by Crippen LogP contribution is -2.38. The molecule has 1 amide bonds. The molecule has 0 spiro atoms. The average Bonchev–Trinajstić information content (AvgIpc) is 3.15. The van der Waals surface area contributed by atoms with Gasteiger partial charge in [0.05, 0.1) is 17.8 Å². The van der Waals surface area contributed by atoms with Crippen molar-refractivity contribution < 1.29 is 4.79 Å². The molecule has 1 atom stereocenters. The van der Waals surface area contributed by atoms with Crippen LogP contribution in [0.25, 0.3) is 0 Å². The molecule has 3 rings (SSSR count). The fourth-order valence-electron chi connectivity index (χ4n) is 2.77. The molecule has 112 valence electrons. The molecule has 0 saturated carbocycles. The topological polar surface area (TPSA) is 51.0 Å². The molecule has 0 radical (unpaired) electrons. The molecule has 3 heterocycles. The number of likely N-dealkylation sites (tertiary alicyclic amines) is 1. The number of hydrogen-bond acceptors (Lipinski definition) is 4. The predicted molar refractivity (Wildman–Crippen MR) is 82.4 cm³/mol. The molecule has 0 N–H and O–H groups in total. The minimum absolute atomic E-state index is 0.0762. The summed E-state index contributed by atoms with van der Waals surface area (Å²) in [5, 5.41) is 7.32. The third-order valence-corrected chi connectivity index (χ3v) is 4.95. The van der Waals surface area contributed by atoms with E-state index in [4.69, 9.17) is 0 Å². The SMILES string of the molecule is CCn1cc(C(=O)N2CCCC[C@H]2c2nc(C)cs2)cn1. The second-order valence-electron chi connectivity index (χ2n) is 5.42. The van der Waals surface area contributed by atoms with Crippen LogP contribution in [0.15, 0.2) is 17.8 Å². The number of carbonyl (C=O) groups excluding carboxylic acids is 1. The van der Waals surface area contributed by atoms with E-state index in [1.807, 2.05) is 24.9 Å². The normalized spacial score (nSPS) is 19.0. The van der Waals surface area contributed by atoms with E-state index in [-0.39, 0.29) is 11.9 Å². The Morgan fingerprint density at radius 1 is 1.48 bits per heavy atom. The number of carbonyl (C=O) groups is 1. The van der Waals surface area contributed by atoms with E-state index in [9.17, 15) is 4.79 Å². The zero-order valence-corrected chi connectivity index (χ0v) is 13.3. The number of piperidine rings is 1. The van der Waals surface area contributed by atoms with Crippen molar-refractivity contribution in [1.82, 2.24) is 19.7 Å². The number of rotatable bonds is 3. The van der Waals surface area contributed by atoms with Crippen LogP contribution >= 0.6 is 11.3 Å². The van der Waals surface area contributed by atoms with Gasteiger partial charge in [-0.25, -0.2) is 4.98 Å². The van der Waals surface area contributed by atoms with Crippen LogP contribution in [-0.2, 0) is 6.54 Å². The molecule has 1 aliphatic heterocycles. The highest BCUT2D eigenvalue weighted by Gasteiger charge is 2.31. The number of thiazole rings is 1. The van der Waals surface area contributed by atoms with Crippen LogP contribution in [0, 0.1) is 6.92 Å². The summed E-state index contributed by atoms with van der Waals surface area (Å²) < 4.78 is 1.79. The highest BCUT2D eigenvalue weighted by molar-refractivity contribution is 7.09. The maximum Gasteiger partial charge on any atom is 0.257 e.